The van der Waals surface area contributed by atoms with E-state index in [2.05, 4.69) is 22.5 Å². The van der Waals surface area contributed by atoms with Crippen molar-refractivity contribution in [3.05, 3.63) is 44.9 Å². The van der Waals surface area contributed by atoms with Crippen LogP contribution in [0, 0.1) is 10.1 Å². The molecule has 0 amide bonds. The van der Waals surface area contributed by atoms with Crippen molar-refractivity contribution >= 4 is 27.7 Å². The summed E-state index contributed by atoms with van der Waals surface area (Å²) in [7, 11) is 0. The first-order valence-corrected chi connectivity index (χ1v) is 4.01. The Bertz CT molecular complexity index is 336. The van der Waals surface area contributed by atoms with Gasteiger partial charge in [-0.1, -0.05) is 12.7 Å². The van der Waals surface area contributed by atoms with Crippen LogP contribution in [0.4, 0.5) is 5.69 Å². The van der Waals surface area contributed by atoms with Crippen molar-refractivity contribution < 1.29 is 4.92 Å². The van der Waals surface area contributed by atoms with E-state index in [1.54, 1.807) is 18.2 Å². The van der Waals surface area contributed by atoms with Gasteiger partial charge in [-0.25, -0.2) is 0 Å². The molecule has 0 aromatic heterocycles. The van der Waals surface area contributed by atoms with Crippen LogP contribution in [0.1, 0.15) is 5.56 Å². The van der Waals surface area contributed by atoms with Crippen LogP contribution in [0.3, 0.4) is 0 Å². The largest absolute Gasteiger partial charge is 0.283 e. The van der Waals surface area contributed by atoms with E-state index in [0.29, 0.717) is 4.47 Å². The standard InChI is InChI=1S/C8H6BrNO2/c1-2-6-3-4-8(10(11)12)7(9)5-6/h2-5H,1H2. The Kier molecular flexibility index (Phi) is 2.60. The van der Waals surface area contributed by atoms with Crippen LogP contribution in [0.5, 0.6) is 0 Å². The van der Waals surface area contributed by atoms with Crippen molar-refractivity contribution in [3.63, 3.8) is 0 Å². The van der Waals surface area contributed by atoms with E-state index < -0.39 is 4.92 Å². The molecule has 0 atom stereocenters. The topological polar surface area (TPSA) is 43.1 Å². The SMILES string of the molecule is C=Cc1ccc([N+](=O)[O-])c(Br)c1. The molecule has 0 aliphatic rings. The van der Waals surface area contributed by atoms with Gasteiger partial charge in [0.2, 0.25) is 0 Å². The van der Waals surface area contributed by atoms with E-state index >= 15 is 0 Å². The van der Waals surface area contributed by atoms with Crippen LogP contribution < -0.4 is 0 Å². The third-order valence-electron chi connectivity index (χ3n) is 1.40. The molecule has 0 saturated carbocycles. The molecule has 0 aliphatic heterocycles. The molecule has 4 heteroatoms. The number of hydrogen-bond donors (Lipinski definition) is 0. The van der Waals surface area contributed by atoms with Crippen molar-refractivity contribution in [1.29, 1.82) is 0 Å². The summed E-state index contributed by atoms with van der Waals surface area (Å²) in [6, 6.07) is 4.75. The number of nitro groups is 1. The lowest BCUT2D eigenvalue weighted by Crippen LogP contribution is -1.88. The number of rotatable bonds is 2. The molecule has 0 fully saturated rings. The number of halogens is 1. The third kappa shape index (κ3) is 1.71. The lowest BCUT2D eigenvalue weighted by atomic mass is 10.2. The monoisotopic (exact) mass is 227 g/mol. The zero-order chi connectivity index (χ0) is 9.14. The van der Waals surface area contributed by atoms with Gasteiger partial charge in [0, 0.05) is 6.07 Å². The van der Waals surface area contributed by atoms with E-state index in [4.69, 9.17) is 0 Å². The van der Waals surface area contributed by atoms with Crippen LogP contribution in [-0.4, -0.2) is 4.92 Å². The lowest BCUT2D eigenvalue weighted by molar-refractivity contribution is -0.385. The summed E-state index contributed by atoms with van der Waals surface area (Å²) < 4.78 is 0.477. The van der Waals surface area contributed by atoms with E-state index in [1.807, 2.05) is 0 Å². The third-order valence-corrected chi connectivity index (χ3v) is 2.04. The molecule has 12 heavy (non-hydrogen) atoms. The van der Waals surface area contributed by atoms with E-state index in [1.165, 1.54) is 6.07 Å². The molecule has 62 valence electrons. The molecule has 0 radical (unpaired) electrons. The minimum atomic E-state index is -0.434. The highest BCUT2D eigenvalue weighted by molar-refractivity contribution is 9.10. The number of hydrogen-bond acceptors (Lipinski definition) is 2. The second-order valence-corrected chi connectivity index (χ2v) is 3.03. The summed E-state index contributed by atoms with van der Waals surface area (Å²) in [5.74, 6) is 0. The quantitative estimate of drug-likeness (QED) is 0.576. The summed E-state index contributed by atoms with van der Waals surface area (Å²) in [5.41, 5.74) is 0.924. The van der Waals surface area contributed by atoms with Gasteiger partial charge in [0.25, 0.3) is 5.69 Å². The molecule has 0 unspecified atom stereocenters. The highest BCUT2D eigenvalue weighted by Gasteiger charge is 2.09. The Hall–Kier alpha value is -1.16. The predicted molar refractivity (Wildman–Crippen MR) is 50.9 cm³/mol. The first kappa shape index (κ1) is 8.93. The molecule has 0 aliphatic carbocycles. The van der Waals surface area contributed by atoms with Gasteiger partial charge in [-0.05, 0) is 33.6 Å². The van der Waals surface area contributed by atoms with Crippen LogP contribution in [-0.2, 0) is 0 Å². The molecule has 0 spiro atoms. The minimum absolute atomic E-state index is 0.0700. The van der Waals surface area contributed by atoms with Gasteiger partial charge in [0.15, 0.2) is 0 Å². The number of benzene rings is 1. The molecule has 0 heterocycles. The Labute approximate surface area is 78.0 Å². The Morgan fingerprint density at radius 1 is 1.58 bits per heavy atom. The Balaban J connectivity index is 3.20. The number of nitro benzene ring substituents is 1. The van der Waals surface area contributed by atoms with Gasteiger partial charge >= 0.3 is 0 Å². The maximum Gasteiger partial charge on any atom is 0.283 e. The Morgan fingerprint density at radius 2 is 2.25 bits per heavy atom. The second kappa shape index (κ2) is 3.49. The van der Waals surface area contributed by atoms with Crippen LogP contribution in [0.25, 0.3) is 6.08 Å². The molecular formula is C8H6BrNO2. The molecule has 3 nitrogen and oxygen atoms in total. The normalized spacial score (nSPS) is 9.42. The summed E-state index contributed by atoms with van der Waals surface area (Å²) in [6.07, 6.45) is 1.63. The number of nitrogens with zero attached hydrogens (tertiary/aromatic N) is 1. The summed E-state index contributed by atoms with van der Waals surface area (Å²) in [6.45, 7) is 3.56. The zero-order valence-electron chi connectivity index (χ0n) is 6.16. The van der Waals surface area contributed by atoms with Crippen molar-refractivity contribution in [3.8, 4) is 0 Å². The van der Waals surface area contributed by atoms with Crippen molar-refractivity contribution in [2.24, 2.45) is 0 Å². The molecule has 1 aromatic rings. The predicted octanol–water partition coefficient (Wildman–Crippen LogP) is 3.00. The highest BCUT2D eigenvalue weighted by Crippen LogP contribution is 2.25. The summed E-state index contributed by atoms with van der Waals surface area (Å²) in [5, 5.41) is 10.4. The van der Waals surface area contributed by atoms with Gasteiger partial charge in [-0.3, -0.25) is 10.1 Å². The molecule has 0 N–H and O–H groups in total. The van der Waals surface area contributed by atoms with Gasteiger partial charge in [-0.2, -0.15) is 0 Å². The van der Waals surface area contributed by atoms with Crippen LogP contribution in [0.2, 0.25) is 0 Å². The molecule has 1 aromatic carbocycles. The maximum absolute atomic E-state index is 10.4. The van der Waals surface area contributed by atoms with E-state index in [9.17, 15) is 10.1 Å². The van der Waals surface area contributed by atoms with Crippen molar-refractivity contribution in [1.82, 2.24) is 0 Å². The fraction of sp³-hybridized carbons (Fsp3) is 0. The first-order valence-electron chi connectivity index (χ1n) is 3.21. The first-order chi connectivity index (χ1) is 5.65. The molecule has 0 saturated heterocycles. The van der Waals surface area contributed by atoms with Crippen molar-refractivity contribution in [2.45, 2.75) is 0 Å². The van der Waals surface area contributed by atoms with Gasteiger partial charge in [0.1, 0.15) is 0 Å². The lowest BCUT2D eigenvalue weighted by Gasteiger charge is -1.96. The maximum atomic E-state index is 10.4. The second-order valence-electron chi connectivity index (χ2n) is 2.17. The Morgan fingerprint density at radius 3 is 2.67 bits per heavy atom. The van der Waals surface area contributed by atoms with Crippen LogP contribution >= 0.6 is 15.9 Å². The van der Waals surface area contributed by atoms with Gasteiger partial charge < -0.3 is 0 Å². The van der Waals surface area contributed by atoms with Crippen LogP contribution in [0.15, 0.2) is 29.3 Å². The highest BCUT2D eigenvalue weighted by atomic mass is 79.9. The van der Waals surface area contributed by atoms with Gasteiger partial charge in [0.05, 0.1) is 9.40 Å². The van der Waals surface area contributed by atoms with E-state index in [0.717, 1.165) is 5.56 Å². The molecule has 1 rings (SSSR count). The summed E-state index contributed by atoms with van der Waals surface area (Å²) in [4.78, 5) is 9.94. The molecule has 0 bridgehead atoms. The fourth-order valence-electron chi connectivity index (χ4n) is 0.798. The minimum Gasteiger partial charge on any atom is -0.258 e. The fourth-order valence-corrected chi connectivity index (χ4v) is 1.34. The zero-order valence-corrected chi connectivity index (χ0v) is 7.74. The summed E-state index contributed by atoms with van der Waals surface area (Å²) >= 11 is 3.10. The average molecular weight is 228 g/mol. The van der Waals surface area contributed by atoms with Gasteiger partial charge in [-0.15, -0.1) is 0 Å². The smallest absolute Gasteiger partial charge is 0.258 e. The van der Waals surface area contributed by atoms with Crippen molar-refractivity contribution in [2.75, 3.05) is 0 Å². The van der Waals surface area contributed by atoms with E-state index in [-0.39, 0.29) is 5.69 Å². The molecular weight excluding hydrogens is 222 g/mol. The average Bonchev–Trinajstić information content (AvgIpc) is 2.03.